The van der Waals surface area contributed by atoms with Gasteiger partial charge >= 0.3 is 0 Å². The summed E-state index contributed by atoms with van der Waals surface area (Å²) >= 11 is 0. The van der Waals surface area contributed by atoms with Crippen molar-refractivity contribution in [2.45, 2.75) is 6.54 Å². The Kier molecular flexibility index (Phi) is 2.79. The van der Waals surface area contributed by atoms with Crippen molar-refractivity contribution in [3.63, 3.8) is 0 Å². The van der Waals surface area contributed by atoms with Gasteiger partial charge in [-0.25, -0.2) is 9.37 Å². The third-order valence-corrected chi connectivity index (χ3v) is 2.98. The number of imidazole rings is 1. The topological polar surface area (TPSA) is 66.7 Å². The van der Waals surface area contributed by atoms with Gasteiger partial charge in [0.15, 0.2) is 0 Å². The molecule has 0 amide bonds. The van der Waals surface area contributed by atoms with E-state index in [0.717, 1.165) is 16.6 Å². The Labute approximate surface area is 109 Å². The third kappa shape index (κ3) is 2.35. The highest BCUT2D eigenvalue weighted by Crippen LogP contribution is 2.20. The smallest absolute Gasteiger partial charge is 0.125 e. The maximum absolute atomic E-state index is 13.1. The summed E-state index contributed by atoms with van der Waals surface area (Å²) in [6.07, 6.45) is 1.66. The van der Waals surface area contributed by atoms with Crippen LogP contribution in [0.25, 0.3) is 11.0 Å². The minimum absolute atomic E-state index is 0.305. The largest absolute Gasteiger partial charge is 0.397 e. The van der Waals surface area contributed by atoms with Crippen LogP contribution in [0.1, 0.15) is 5.56 Å². The van der Waals surface area contributed by atoms with Crippen LogP contribution in [0, 0.1) is 5.82 Å². The molecule has 3 rings (SSSR count). The molecule has 0 unspecified atom stereocenters. The third-order valence-electron chi connectivity index (χ3n) is 2.98. The molecule has 0 saturated carbocycles. The second kappa shape index (κ2) is 4.61. The molecule has 0 radical (unpaired) electrons. The van der Waals surface area contributed by atoms with Crippen LogP contribution in [0.3, 0.4) is 0 Å². The number of aromatic nitrogens is 2. The molecular formula is C14H13FN4. The van der Waals surface area contributed by atoms with Gasteiger partial charge < -0.3 is 16.0 Å². The molecule has 0 aliphatic heterocycles. The number of nitrogens with zero attached hydrogens (tertiary/aromatic N) is 1. The van der Waals surface area contributed by atoms with Crippen molar-refractivity contribution in [2.24, 2.45) is 0 Å². The fourth-order valence-electron chi connectivity index (χ4n) is 1.97. The number of anilines is 2. The van der Waals surface area contributed by atoms with Gasteiger partial charge in [-0.2, -0.15) is 0 Å². The van der Waals surface area contributed by atoms with Crippen LogP contribution >= 0.6 is 0 Å². The Morgan fingerprint density at radius 2 is 2.11 bits per heavy atom. The lowest BCUT2D eigenvalue weighted by atomic mass is 10.2. The minimum atomic E-state index is -0.305. The van der Waals surface area contributed by atoms with Crippen LogP contribution in [0.15, 0.2) is 42.7 Å². The summed E-state index contributed by atoms with van der Waals surface area (Å²) in [6.45, 7) is 0.572. The maximum Gasteiger partial charge on any atom is 0.125 e. The monoisotopic (exact) mass is 256 g/mol. The van der Waals surface area contributed by atoms with Crippen molar-refractivity contribution in [1.82, 2.24) is 9.97 Å². The van der Waals surface area contributed by atoms with Crippen LogP contribution in [-0.4, -0.2) is 9.97 Å². The molecule has 1 heterocycles. The van der Waals surface area contributed by atoms with Crippen LogP contribution in [0.4, 0.5) is 15.8 Å². The number of nitrogens with two attached hydrogens (primary N) is 1. The number of H-pyrrole nitrogens is 1. The molecule has 0 bridgehead atoms. The average molecular weight is 256 g/mol. The number of aromatic amines is 1. The standard InChI is InChI=1S/C14H13FN4/c15-10-2-3-11(16)13(6-10)17-7-9-1-4-12-14(5-9)19-8-18-12/h1-6,8,17H,7,16H2,(H,18,19). The fraction of sp³-hybridized carbons (Fsp3) is 0.0714. The molecule has 3 aromatic rings. The van der Waals surface area contributed by atoms with Crippen molar-refractivity contribution in [3.8, 4) is 0 Å². The van der Waals surface area contributed by atoms with E-state index in [1.165, 1.54) is 12.1 Å². The molecule has 5 heteroatoms. The van der Waals surface area contributed by atoms with E-state index in [0.29, 0.717) is 17.9 Å². The predicted molar refractivity (Wildman–Crippen MR) is 74.2 cm³/mol. The highest BCUT2D eigenvalue weighted by atomic mass is 19.1. The summed E-state index contributed by atoms with van der Waals surface area (Å²) in [4.78, 5) is 7.21. The summed E-state index contributed by atoms with van der Waals surface area (Å²) in [6, 6.07) is 10.2. The summed E-state index contributed by atoms with van der Waals surface area (Å²) in [5.74, 6) is -0.305. The number of hydrogen-bond acceptors (Lipinski definition) is 3. The second-order valence-electron chi connectivity index (χ2n) is 4.34. The summed E-state index contributed by atoms with van der Waals surface area (Å²) in [5, 5.41) is 3.13. The number of nitrogen functional groups attached to an aromatic ring is 1. The first kappa shape index (κ1) is 11.5. The lowest BCUT2D eigenvalue weighted by molar-refractivity contribution is 0.628. The molecule has 0 spiro atoms. The lowest BCUT2D eigenvalue weighted by Gasteiger charge is -2.09. The average Bonchev–Trinajstić information content (AvgIpc) is 2.87. The number of fused-ring (bicyclic) bond motifs is 1. The van der Waals surface area contributed by atoms with Gasteiger partial charge in [0, 0.05) is 6.54 Å². The molecule has 2 aromatic carbocycles. The van der Waals surface area contributed by atoms with E-state index in [-0.39, 0.29) is 5.82 Å². The van der Waals surface area contributed by atoms with Crippen LogP contribution < -0.4 is 11.1 Å². The molecule has 0 aliphatic rings. The second-order valence-corrected chi connectivity index (χ2v) is 4.34. The van der Waals surface area contributed by atoms with E-state index >= 15 is 0 Å². The summed E-state index contributed by atoms with van der Waals surface area (Å²) in [7, 11) is 0. The number of nitrogens with one attached hydrogen (secondary N) is 2. The Bertz CT molecular complexity index is 720. The number of rotatable bonds is 3. The molecule has 0 saturated heterocycles. The van der Waals surface area contributed by atoms with E-state index in [1.54, 1.807) is 12.4 Å². The van der Waals surface area contributed by atoms with Crippen LogP contribution in [0.2, 0.25) is 0 Å². The number of halogens is 1. The molecule has 96 valence electrons. The first-order chi connectivity index (χ1) is 9.22. The Morgan fingerprint density at radius 3 is 3.00 bits per heavy atom. The van der Waals surface area contributed by atoms with E-state index in [1.807, 2.05) is 18.2 Å². The van der Waals surface area contributed by atoms with Gasteiger partial charge in [-0.1, -0.05) is 6.07 Å². The van der Waals surface area contributed by atoms with Gasteiger partial charge in [-0.3, -0.25) is 0 Å². The van der Waals surface area contributed by atoms with Crippen LogP contribution in [-0.2, 0) is 6.54 Å². The first-order valence-corrected chi connectivity index (χ1v) is 5.93. The molecule has 19 heavy (non-hydrogen) atoms. The normalized spacial score (nSPS) is 10.8. The Balaban J connectivity index is 1.79. The van der Waals surface area contributed by atoms with E-state index in [4.69, 9.17) is 5.73 Å². The zero-order valence-corrected chi connectivity index (χ0v) is 10.2. The molecule has 1 aromatic heterocycles. The molecule has 0 fully saturated rings. The maximum atomic E-state index is 13.1. The molecule has 4 N–H and O–H groups in total. The molecule has 0 atom stereocenters. The van der Waals surface area contributed by atoms with Crippen LogP contribution in [0.5, 0.6) is 0 Å². The van der Waals surface area contributed by atoms with E-state index in [2.05, 4.69) is 15.3 Å². The van der Waals surface area contributed by atoms with Gasteiger partial charge in [-0.15, -0.1) is 0 Å². The fourth-order valence-corrected chi connectivity index (χ4v) is 1.97. The van der Waals surface area contributed by atoms with Crippen molar-refractivity contribution < 1.29 is 4.39 Å². The van der Waals surface area contributed by atoms with Gasteiger partial charge in [0.25, 0.3) is 0 Å². The number of hydrogen-bond donors (Lipinski definition) is 3. The molecular weight excluding hydrogens is 243 g/mol. The minimum Gasteiger partial charge on any atom is -0.397 e. The van der Waals surface area contributed by atoms with Gasteiger partial charge in [0.05, 0.1) is 28.7 Å². The SMILES string of the molecule is Nc1ccc(F)cc1NCc1ccc2nc[nH]c2c1. The Morgan fingerprint density at radius 1 is 1.21 bits per heavy atom. The zero-order valence-electron chi connectivity index (χ0n) is 10.2. The van der Waals surface area contributed by atoms with Crippen molar-refractivity contribution in [1.29, 1.82) is 0 Å². The first-order valence-electron chi connectivity index (χ1n) is 5.93. The molecule has 4 nitrogen and oxygen atoms in total. The quantitative estimate of drug-likeness (QED) is 0.631. The molecule has 0 aliphatic carbocycles. The van der Waals surface area contributed by atoms with Crippen molar-refractivity contribution >= 4 is 22.4 Å². The van der Waals surface area contributed by atoms with Gasteiger partial charge in [0.1, 0.15) is 5.82 Å². The zero-order chi connectivity index (χ0) is 13.2. The number of benzene rings is 2. The highest BCUT2D eigenvalue weighted by molar-refractivity contribution is 5.75. The van der Waals surface area contributed by atoms with E-state index in [9.17, 15) is 4.39 Å². The van der Waals surface area contributed by atoms with Gasteiger partial charge in [-0.05, 0) is 35.9 Å². The predicted octanol–water partition coefficient (Wildman–Crippen LogP) is 2.90. The Hall–Kier alpha value is -2.56. The summed E-state index contributed by atoms with van der Waals surface area (Å²) in [5.41, 5.74) is 9.89. The highest BCUT2D eigenvalue weighted by Gasteiger charge is 2.02. The van der Waals surface area contributed by atoms with E-state index < -0.39 is 0 Å². The van der Waals surface area contributed by atoms with Crippen molar-refractivity contribution in [3.05, 3.63) is 54.1 Å². The lowest BCUT2D eigenvalue weighted by Crippen LogP contribution is -2.02. The van der Waals surface area contributed by atoms with Gasteiger partial charge in [0.2, 0.25) is 0 Å². The summed E-state index contributed by atoms with van der Waals surface area (Å²) < 4.78 is 13.1. The van der Waals surface area contributed by atoms with Crippen molar-refractivity contribution in [2.75, 3.05) is 11.1 Å².